The standard InChI is InChI=1S/C22H19BrN2O3/c1-2-28-22(27)17-8-10-20(11-9-17)25(15-16-5-4-12-24-14-16)21(26)18-6-3-7-19(23)13-18/h3-14H,2,15H2,1H3. The topological polar surface area (TPSA) is 59.5 Å². The van der Waals surface area contributed by atoms with Gasteiger partial charge in [-0.3, -0.25) is 9.78 Å². The third-order valence-electron chi connectivity index (χ3n) is 4.07. The Morgan fingerprint density at radius 2 is 1.82 bits per heavy atom. The highest BCUT2D eigenvalue weighted by Crippen LogP contribution is 2.22. The molecular formula is C22H19BrN2O3. The van der Waals surface area contributed by atoms with Crippen LogP contribution in [0.25, 0.3) is 0 Å². The van der Waals surface area contributed by atoms with Crippen LogP contribution in [-0.2, 0) is 11.3 Å². The van der Waals surface area contributed by atoms with Crippen LogP contribution in [0.3, 0.4) is 0 Å². The summed E-state index contributed by atoms with van der Waals surface area (Å²) in [4.78, 5) is 30.9. The summed E-state index contributed by atoms with van der Waals surface area (Å²) >= 11 is 3.41. The monoisotopic (exact) mass is 438 g/mol. The Morgan fingerprint density at radius 3 is 2.46 bits per heavy atom. The fourth-order valence-corrected chi connectivity index (χ4v) is 3.12. The van der Waals surface area contributed by atoms with Gasteiger partial charge in [0.05, 0.1) is 18.7 Å². The van der Waals surface area contributed by atoms with Crippen LogP contribution < -0.4 is 4.90 Å². The highest BCUT2D eigenvalue weighted by Gasteiger charge is 2.19. The zero-order chi connectivity index (χ0) is 19.9. The van der Waals surface area contributed by atoms with Gasteiger partial charge in [-0.25, -0.2) is 4.79 Å². The van der Waals surface area contributed by atoms with Crippen LogP contribution in [0.4, 0.5) is 5.69 Å². The van der Waals surface area contributed by atoms with E-state index in [0.717, 1.165) is 10.0 Å². The van der Waals surface area contributed by atoms with Gasteiger partial charge in [-0.2, -0.15) is 0 Å². The molecule has 5 nitrogen and oxygen atoms in total. The molecule has 0 unspecified atom stereocenters. The first-order chi connectivity index (χ1) is 13.6. The normalized spacial score (nSPS) is 10.4. The lowest BCUT2D eigenvalue weighted by Gasteiger charge is -2.23. The number of pyridine rings is 1. The van der Waals surface area contributed by atoms with Gasteiger partial charge in [-0.1, -0.05) is 28.1 Å². The molecule has 0 N–H and O–H groups in total. The number of ether oxygens (including phenoxy) is 1. The maximum atomic E-state index is 13.2. The quantitative estimate of drug-likeness (QED) is 0.515. The average molecular weight is 439 g/mol. The van der Waals surface area contributed by atoms with Crippen LogP contribution in [0.1, 0.15) is 33.2 Å². The van der Waals surface area contributed by atoms with Gasteiger partial charge in [0, 0.05) is 28.1 Å². The van der Waals surface area contributed by atoms with Crippen molar-refractivity contribution in [3.05, 3.63) is 94.2 Å². The van der Waals surface area contributed by atoms with E-state index in [1.54, 1.807) is 60.6 Å². The smallest absolute Gasteiger partial charge is 0.338 e. The number of nitrogens with zero attached hydrogens (tertiary/aromatic N) is 2. The largest absolute Gasteiger partial charge is 0.462 e. The Morgan fingerprint density at radius 1 is 1.04 bits per heavy atom. The summed E-state index contributed by atoms with van der Waals surface area (Å²) in [6, 6.07) is 17.8. The molecule has 2 aromatic carbocycles. The predicted molar refractivity (Wildman–Crippen MR) is 111 cm³/mol. The molecular weight excluding hydrogens is 420 g/mol. The van der Waals surface area contributed by atoms with E-state index in [1.807, 2.05) is 24.3 Å². The molecule has 1 heterocycles. The molecule has 0 aliphatic rings. The first kappa shape index (κ1) is 19.8. The van der Waals surface area contributed by atoms with Crippen molar-refractivity contribution >= 4 is 33.5 Å². The van der Waals surface area contributed by atoms with E-state index >= 15 is 0 Å². The van der Waals surface area contributed by atoms with Gasteiger partial charge < -0.3 is 9.64 Å². The number of carbonyl (C=O) groups excluding carboxylic acids is 2. The lowest BCUT2D eigenvalue weighted by Crippen LogP contribution is -2.30. The molecule has 0 saturated carbocycles. The van der Waals surface area contributed by atoms with Crippen LogP contribution in [-0.4, -0.2) is 23.5 Å². The van der Waals surface area contributed by atoms with Crippen LogP contribution in [0, 0.1) is 0 Å². The van der Waals surface area contributed by atoms with Gasteiger partial charge in [0.15, 0.2) is 0 Å². The number of carbonyl (C=O) groups is 2. The summed E-state index contributed by atoms with van der Waals surface area (Å²) in [5.74, 6) is -0.528. The summed E-state index contributed by atoms with van der Waals surface area (Å²) in [5, 5.41) is 0. The molecule has 1 amide bonds. The first-order valence-electron chi connectivity index (χ1n) is 8.82. The highest BCUT2D eigenvalue weighted by molar-refractivity contribution is 9.10. The van der Waals surface area contributed by atoms with E-state index in [2.05, 4.69) is 20.9 Å². The second kappa shape index (κ2) is 9.28. The molecule has 0 bridgehead atoms. The Kier molecular flexibility index (Phi) is 6.55. The van der Waals surface area contributed by atoms with Gasteiger partial charge in [0.2, 0.25) is 0 Å². The number of esters is 1. The minimum Gasteiger partial charge on any atom is -0.462 e. The van der Waals surface area contributed by atoms with E-state index in [0.29, 0.717) is 30.0 Å². The number of hydrogen-bond donors (Lipinski definition) is 0. The minimum absolute atomic E-state index is 0.144. The molecule has 3 aromatic rings. The Balaban J connectivity index is 1.94. The molecule has 0 spiro atoms. The van der Waals surface area contributed by atoms with Crippen LogP contribution >= 0.6 is 15.9 Å². The van der Waals surface area contributed by atoms with Crippen molar-refractivity contribution in [2.75, 3.05) is 11.5 Å². The van der Waals surface area contributed by atoms with Crippen LogP contribution in [0.15, 0.2) is 77.5 Å². The molecule has 0 fully saturated rings. The second-order valence-corrected chi connectivity index (χ2v) is 6.95. The van der Waals surface area contributed by atoms with E-state index < -0.39 is 0 Å². The second-order valence-electron chi connectivity index (χ2n) is 6.03. The molecule has 0 radical (unpaired) electrons. The summed E-state index contributed by atoms with van der Waals surface area (Å²) in [7, 11) is 0. The summed E-state index contributed by atoms with van der Waals surface area (Å²) in [6.07, 6.45) is 3.42. The van der Waals surface area contributed by atoms with E-state index in [9.17, 15) is 9.59 Å². The maximum Gasteiger partial charge on any atom is 0.338 e. The maximum absolute atomic E-state index is 13.2. The van der Waals surface area contributed by atoms with Crippen molar-refractivity contribution < 1.29 is 14.3 Å². The van der Waals surface area contributed by atoms with Crippen molar-refractivity contribution in [1.29, 1.82) is 0 Å². The van der Waals surface area contributed by atoms with Crippen molar-refractivity contribution in [2.24, 2.45) is 0 Å². The zero-order valence-electron chi connectivity index (χ0n) is 15.3. The third-order valence-corrected chi connectivity index (χ3v) is 4.56. The third kappa shape index (κ3) is 4.84. The first-order valence-corrected chi connectivity index (χ1v) is 9.61. The van der Waals surface area contributed by atoms with Gasteiger partial charge in [0.25, 0.3) is 5.91 Å². The lowest BCUT2D eigenvalue weighted by atomic mass is 10.1. The number of benzene rings is 2. The molecule has 1 aromatic heterocycles. The predicted octanol–water partition coefficient (Wildman–Crippen LogP) is 4.87. The van der Waals surface area contributed by atoms with E-state index in [1.165, 1.54) is 0 Å². The van der Waals surface area contributed by atoms with Gasteiger partial charge >= 0.3 is 5.97 Å². The number of rotatable bonds is 6. The minimum atomic E-state index is -0.383. The molecule has 0 saturated heterocycles. The van der Waals surface area contributed by atoms with Crippen molar-refractivity contribution in [3.8, 4) is 0 Å². The Bertz CT molecular complexity index is 959. The van der Waals surface area contributed by atoms with Crippen molar-refractivity contribution in [2.45, 2.75) is 13.5 Å². The average Bonchev–Trinajstić information content (AvgIpc) is 2.72. The Hall–Kier alpha value is -2.99. The molecule has 142 valence electrons. The number of hydrogen-bond acceptors (Lipinski definition) is 4. The number of anilines is 1. The van der Waals surface area contributed by atoms with Gasteiger partial charge in [0.1, 0.15) is 0 Å². The number of amides is 1. The van der Waals surface area contributed by atoms with Gasteiger partial charge in [-0.15, -0.1) is 0 Å². The Labute approximate surface area is 172 Å². The van der Waals surface area contributed by atoms with Crippen molar-refractivity contribution in [3.63, 3.8) is 0 Å². The fraction of sp³-hybridized carbons (Fsp3) is 0.136. The molecule has 6 heteroatoms. The van der Waals surface area contributed by atoms with Gasteiger partial charge in [-0.05, 0) is 61.0 Å². The number of aromatic nitrogens is 1. The molecule has 0 aliphatic carbocycles. The summed E-state index contributed by atoms with van der Waals surface area (Å²) in [5.41, 5.74) is 2.59. The van der Waals surface area contributed by atoms with Crippen LogP contribution in [0.5, 0.6) is 0 Å². The SMILES string of the molecule is CCOC(=O)c1ccc(N(Cc2cccnc2)C(=O)c2cccc(Br)c2)cc1. The molecule has 28 heavy (non-hydrogen) atoms. The molecule has 0 aliphatic heterocycles. The van der Waals surface area contributed by atoms with E-state index in [4.69, 9.17) is 4.74 Å². The lowest BCUT2D eigenvalue weighted by molar-refractivity contribution is 0.0526. The van der Waals surface area contributed by atoms with Crippen LogP contribution in [0.2, 0.25) is 0 Å². The summed E-state index contributed by atoms with van der Waals surface area (Å²) in [6.45, 7) is 2.44. The van der Waals surface area contributed by atoms with Crippen molar-refractivity contribution in [1.82, 2.24) is 4.98 Å². The zero-order valence-corrected chi connectivity index (χ0v) is 16.9. The highest BCUT2D eigenvalue weighted by atomic mass is 79.9. The molecule has 0 atom stereocenters. The van der Waals surface area contributed by atoms with E-state index in [-0.39, 0.29) is 11.9 Å². The number of halogens is 1. The fourth-order valence-electron chi connectivity index (χ4n) is 2.72. The summed E-state index contributed by atoms with van der Waals surface area (Å²) < 4.78 is 5.85. The molecule has 3 rings (SSSR count).